The average Bonchev–Trinajstić information content (AvgIpc) is 3.25. The highest BCUT2D eigenvalue weighted by Crippen LogP contribution is 2.23. The summed E-state index contributed by atoms with van der Waals surface area (Å²) in [6.07, 6.45) is 3.75. The maximum absolute atomic E-state index is 13.5. The minimum Gasteiger partial charge on any atom is -0.270 e. The van der Waals surface area contributed by atoms with Crippen molar-refractivity contribution in [2.24, 2.45) is 10.3 Å². The third-order valence-electron chi connectivity index (χ3n) is 5.23. The molecule has 32 heavy (non-hydrogen) atoms. The van der Waals surface area contributed by atoms with Gasteiger partial charge in [0, 0.05) is 0 Å². The van der Waals surface area contributed by atoms with Crippen LogP contribution in [-0.2, 0) is 4.79 Å². The van der Waals surface area contributed by atoms with Gasteiger partial charge in [0.05, 0.1) is 22.3 Å². The van der Waals surface area contributed by atoms with E-state index in [9.17, 15) is 9.59 Å². The molecule has 0 unspecified atom stereocenters. The van der Waals surface area contributed by atoms with Crippen molar-refractivity contribution in [1.29, 1.82) is 0 Å². The van der Waals surface area contributed by atoms with Gasteiger partial charge in [-0.3, -0.25) is 14.2 Å². The Kier molecular flexibility index (Phi) is 4.91. The van der Waals surface area contributed by atoms with Crippen molar-refractivity contribution in [3.05, 3.63) is 100 Å². The monoisotopic (exact) mass is 421 g/mol. The third kappa shape index (κ3) is 3.60. The molecular formula is C25H19N5O2. The van der Waals surface area contributed by atoms with Crippen molar-refractivity contribution in [3.8, 4) is 5.69 Å². The molecule has 7 heteroatoms. The van der Waals surface area contributed by atoms with Crippen LogP contribution in [0.15, 0.2) is 87.9 Å². The van der Waals surface area contributed by atoms with Crippen LogP contribution < -0.4 is 10.6 Å². The molecule has 3 aromatic carbocycles. The van der Waals surface area contributed by atoms with Crippen molar-refractivity contribution in [2.75, 3.05) is 11.6 Å². The Hall–Kier alpha value is -4.39. The van der Waals surface area contributed by atoms with Crippen LogP contribution >= 0.6 is 0 Å². The molecule has 0 fully saturated rings. The number of rotatable bonds is 4. The van der Waals surface area contributed by atoms with E-state index in [1.165, 1.54) is 10.6 Å². The SMILES string of the molecule is Cc1ccc(/C=C/c2nc3ccccc3c(=O)n2-c2cccc(N3N=NCC3=O)c2)cc1. The second-order valence-corrected chi connectivity index (χ2v) is 7.49. The first-order chi connectivity index (χ1) is 15.6. The fourth-order valence-electron chi connectivity index (χ4n) is 3.59. The normalized spacial score (nSPS) is 13.5. The van der Waals surface area contributed by atoms with Crippen LogP contribution in [0.5, 0.6) is 0 Å². The van der Waals surface area contributed by atoms with E-state index in [0.29, 0.717) is 28.1 Å². The van der Waals surface area contributed by atoms with E-state index in [-0.39, 0.29) is 18.0 Å². The van der Waals surface area contributed by atoms with Gasteiger partial charge in [-0.15, -0.1) is 0 Å². The first kappa shape index (κ1) is 19.6. The first-order valence-electron chi connectivity index (χ1n) is 10.2. The second-order valence-electron chi connectivity index (χ2n) is 7.49. The van der Waals surface area contributed by atoms with Gasteiger partial charge in [0.15, 0.2) is 0 Å². The molecule has 7 nitrogen and oxygen atoms in total. The topological polar surface area (TPSA) is 79.9 Å². The van der Waals surface area contributed by atoms with E-state index in [1.54, 1.807) is 28.8 Å². The molecule has 0 aliphatic carbocycles. The van der Waals surface area contributed by atoms with Gasteiger partial charge in [0.2, 0.25) is 0 Å². The molecule has 0 atom stereocenters. The number of para-hydroxylation sites is 1. The summed E-state index contributed by atoms with van der Waals surface area (Å²) in [5, 5.41) is 9.43. The third-order valence-corrected chi connectivity index (χ3v) is 5.23. The van der Waals surface area contributed by atoms with Gasteiger partial charge in [-0.2, -0.15) is 10.1 Å². The maximum Gasteiger partial charge on any atom is 0.272 e. The molecular weight excluding hydrogens is 402 g/mol. The molecule has 5 rings (SSSR count). The first-order valence-corrected chi connectivity index (χ1v) is 10.2. The number of nitrogens with zero attached hydrogens (tertiary/aromatic N) is 5. The van der Waals surface area contributed by atoms with E-state index in [2.05, 4.69) is 10.3 Å². The number of amides is 1. The smallest absolute Gasteiger partial charge is 0.270 e. The lowest BCUT2D eigenvalue weighted by molar-refractivity contribution is -0.116. The molecule has 1 aliphatic heterocycles. The van der Waals surface area contributed by atoms with Crippen LogP contribution in [0.1, 0.15) is 17.0 Å². The Morgan fingerprint density at radius 2 is 1.66 bits per heavy atom. The Morgan fingerprint density at radius 3 is 2.44 bits per heavy atom. The number of aromatic nitrogens is 2. The summed E-state index contributed by atoms with van der Waals surface area (Å²) < 4.78 is 1.55. The van der Waals surface area contributed by atoms with Crippen molar-refractivity contribution in [3.63, 3.8) is 0 Å². The lowest BCUT2D eigenvalue weighted by Crippen LogP contribution is -2.24. The van der Waals surface area contributed by atoms with Crippen LogP contribution in [0, 0.1) is 6.92 Å². The molecule has 1 amide bonds. The molecule has 1 aromatic heterocycles. The number of carbonyl (C=O) groups excluding carboxylic acids is 1. The van der Waals surface area contributed by atoms with E-state index in [4.69, 9.17) is 4.98 Å². The highest BCUT2D eigenvalue weighted by Gasteiger charge is 2.21. The number of benzene rings is 3. The molecule has 0 N–H and O–H groups in total. The largest absolute Gasteiger partial charge is 0.272 e. The van der Waals surface area contributed by atoms with Crippen LogP contribution in [0.2, 0.25) is 0 Å². The van der Waals surface area contributed by atoms with Gasteiger partial charge in [-0.25, -0.2) is 4.98 Å². The fourth-order valence-corrected chi connectivity index (χ4v) is 3.59. The van der Waals surface area contributed by atoms with Crippen molar-refractivity contribution >= 4 is 34.6 Å². The van der Waals surface area contributed by atoms with Gasteiger partial charge in [0.1, 0.15) is 12.4 Å². The summed E-state index contributed by atoms with van der Waals surface area (Å²) in [5.74, 6) is 0.270. The number of carbonyl (C=O) groups is 1. The zero-order valence-corrected chi connectivity index (χ0v) is 17.3. The van der Waals surface area contributed by atoms with Crippen LogP contribution in [-0.4, -0.2) is 22.0 Å². The van der Waals surface area contributed by atoms with Crippen LogP contribution in [0.4, 0.5) is 5.69 Å². The van der Waals surface area contributed by atoms with Crippen molar-refractivity contribution < 1.29 is 4.79 Å². The fraction of sp³-hybridized carbons (Fsp3) is 0.0800. The lowest BCUT2D eigenvalue weighted by atomic mass is 10.1. The molecule has 0 saturated heterocycles. The standard InChI is InChI=1S/C25H19N5O2/c1-17-9-11-18(12-10-17)13-14-23-27-22-8-3-2-7-21(22)25(32)29(23)19-5-4-6-20(15-19)30-24(31)16-26-28-30/h2-15H,16H2,1H3/b14-13+. The summed E-state index contributed by atoms with van der Waals surface area (Å²) >= 11 is 0. The number of aryl methyl sites for hydroxylation is 1. The maximum atomic E-state index is 13.5. The van der Waals surface area contributed by atoms with E-state index in [1.807, 2.05) is 67.6 Å². The van der Waals surface area contributed by atoms with Gasteiger partial charge >= 0.3 is 0 Å². The molecule has 1 aliphatic rings. The number of anilines is 1. The van der Waals surface area contributed by atoms with E-state index >= 15 is 0 Å². The molecule has 0 spiro atoms. The van der Waals surface area contributed by atoms with Crippen LogP contribution in [0.3, 0.4) is 0 Å². The zero-order chi connectivity index (χ0) is 22.1. The molecule has 2 heterocycles. The van der Waals surface area contributed by atoms with E-state index in [0.717, 1.165) is 5.56 Å². The number of hydrogen-bond acceptors (Lipinski definition) is 5. The molecule has 0 saturated carbocycles. The Bertz CT molecular complexity index is 1450. The van der Waals surface area contributed by atoms with Gasteiger partial charge in [-0.1, -0.05) is 59.3 Å². The highest BCUT2D eigenvalue weighted by molar-refractivity contribution is 5.95. The minimum atomic E-state index is -0.217. The summed E-state index contributed by atoms with van der Waals surface area (Å²) in [6, 6.07) is 22.4. The second kappa shape index (κ2) is 8.03. The number of fused-ring (bicyclic) bond motifs is 1. The Morgan fingerprint density at radius 1 is 0.875 bits per heavy atom. The zero-order valence-electron chi connectivity index (χ0n) is 17.3. The van der Waals surface area contributed by atoms with Gasteiger partial charge < -0.3 is 0 Å². The quantitative estimate of drug-likeness (QED) is 0.484. The molecule has 0 bridgehead atoms. The highest BCUT2D eigenvalue weighted by atomic mass is 16.2. The summed E-state index contributed by atoms with van der Waals surface area (Å²) in [7, 11) is 0. The van der Waals surface area contributed by atoms with Gasteiger partial charge in [-0.05, 0) is 48.9 Å². The number of hydrogen-bond donors (Lipinski definition) is 0. The average molecular weight is 421 g/mol. The van der Waals surface area contributed by atoms with Crippen molar-refractivity contribution in [2.45, 2.75) is 6.92 Å². The predicted octanol–water partition coefficient (Wildman–Crippen LogP) is 4.58. The summed E-state index contributed by atoms with van der Waals surface area (Å²) in [4.78, 5) is 30.3. The molecule has 156 valence electrons. The molecule has 4 aromatic rings. The predicted molar refractivity (Wildman–Crippen MR) is 125 cm³/mol. The summed E-state index contributed by atoms with van der Waals surface area (Å²) in [6.45, 7) is 2.06. The lowest BCUT2D eigenvalue weighted by Gasteiger charge is -2.15. The van der Waals surface area contributed by atoms with Gasteiger partial charge in [0.25, 0.3) is 11.5 Å². The Labute approximate surface area is 184 Å². The summed E-state index contributed by atoms with van der Waals surface area (Å²) in [5.41, 5.74) is 3.74. The molecule has 0 radical (unpaired) electrons. The van der Waals surface area contributed by atoms with Crippen molar-refractivity contribution in [1.82, 2.24) is 9.55 Å². The minimum absolute atomic E-state index is 0.0201. The van der Waals surface area contributed by atoms with Crippen LogP contribution in [0.25, 0.3) is 28.7 Å². The Balaban J connectivity index is 1.68. The van der Waals surface area contributed by atoms with E-state index < -0.39 is 0 Å².